The molecule has 3 aromatic rings. The Bertz CT molecular complexity index is 1150. The molecule has 1 aliphatic rings. The van der Waals surface area contributed by atoms with Gasteiger partial charge in [0.05, 0.1) is 18.2 Å². The highest BCUT2D eigenvalue weighted by Gasteiger charge is 2.23. The van der Waals surface area contributed by atoms with Gasteiger partial charge in [0, 0.05) is 18.0 Å². The molecule has 0 spiro atoms. The molecule has 1 aliphatic carbocycles. The van der Waals surface area contributed by atoms with Crippen molar-refractivity contribution in [3.05, 3.63) is 50.6 Å². The van der Waals surface area contributed by atoms with E-state index >= 15 is 0 Å². The largest absolute Gasteiger partial charge is 0.497 e. The first-order chi connectivity index (χ1) is 15.6. The van der Waals surface area contributed by atoms with E-state index in [0.29, 0.717) is 18.2 Å². The normalized spacial score (nSPS) is 12.8. The van der Waals surface area contributed by atoms with Gasteiger partial charge in [-0.15, -0.1) is 11.3 Å². The zero-order valence-electron chi connectivity index (χ0n) is 18.6. The molecule has 0 radical (unpaired) electrons. The van der Waals surface area contributed by atoms with Crippen molar-refractivity contribution in [2.45, 2.75) is 63.7 Å². The minimum absolute atomic E-state index is 0.0617. The molecule has 2 heterocycles. The third-order valence-corrected chi connectivity index (χ3v) is 7.92. The molecule has 1 amide bonds. The van der Waals surface area contributed by atoms with Gasteiger partial charge in [-0.1, -0.05) is 43.7 Å². The molecule has 0 atom stereocenters. The van der Waals surface area contributed by atoms with Crippen LogP contribution in [0.3, 0.4) is 0 Å². The number of carbonyl (C=O) groups excluding carboxylic acids is 1. The molecule has 0 saturated carbocycles. The van der Waals surface area contributed by atoms with Crippen LogP contribution < -0.4 is 15.6 Å². The van der Waals surface area contributed by atoms with Crippen LogP contribution in [0.2, 0.25) is 0 Å². The third-order valence-electron chi connectivity index (χ3n) is 5.76. The Morgan fingerprint density at radius 1 is 1.25 bits per heavy atom. The number of aromatic nitrogens is 2. The molecule has 32 heavy (non-hydrogen) atoms. The molecule has 0 fully saturated rings. The minimum atomic E-state index is -0.0750. The van der Waals surface area contributed by atoms with Crippen LogP contribution in [0, 0.1) is 0 Å². The Hall–Kier alpha value is -2.32. The molecule has 1 N–H and O–H groups in total. The van der Waals surface area contributed by atoms with Gasteiger partial charge in [0.1, 0.15) is 10.6 Å². The van der Waals surface area contributed by atoms with Gasteiger partial charge in [0.25, 0.3) is 5.56 Å². The first-order valence-electron chi connectivity index (χ1n) is 11.2. The van der Waals surface area contributed by atoms with Crippen molar-refractivity contribution < 1.29 is 9.53 Å². The number of thioether (sulfide) groups is 1. The zero-order valence-corrected chi connectivity index (χ0v) is 20.2. The first kappa shape index (κ1) is 22.9. The number of hydrogen-bond acceptors (Lipinski definition) is 6. The van der Waals surface area contributed by atoms with E-state index in [9.17, 15) is 9.59 Å². The predicted molar refractivity (Wildman–Crippen MR) is 131 cm³/mol. The summed E-state index contributed by atoms with van der Waals surface area (Å²) in [6, 6.07) is 7.62. The van der Waals surface area contributed by atoms with Crippen LogP contribution in [0.25, 0.3) is 10.2 Å². The van der Waals surface area contributed by atoms with Crippen molar-refractivity contribution in [3.63, 3.8) is 0 Å². The van der Waals surface area contributed by atoms with E-state index in [1.807, 2.05) is 24.3 Å². The van der Waals surface area contributed by atoms with E-state index < -0.39 is 0 Å². The van der Waals surface area contributed by atoms with Gasteiger partial charge in [-0.3, -0.25) is 14.2 Å². The van der Waals surface area contributed by atoms with Gasteiger partial charge in [-0.2, -0.15) is 0 Å². The Balaban J connectivity index is 1.47. The third kappa shape index (κ3) is 5.02. The van der Waals surface area contributed by atoms with Gasteiger partial charge in [0.15, 0.2) is 5.16 Å². The molecule has 2 aromatic heterocycles. The van der Waals surface area contributed by atoms with Crippen LogP contribution in [0.4, 0.5) is 0 Å². The molecule has 0 saturated heterocycles. The number of thiophene rings is 1. The molecule has 0 bridgehead atoms. The van der Waals surface area contributed by atoms with Crippen LogP contribution in [0.15, 0.2) is 34.2 Å². The Kier molecular flexibility index (Phi) is 7.52. The number of methoxy groups -OCH3 is 1. The number of fused-ring (bicyclic) bond motifs is 3. The van der Waals surface area contributed by atoms with Crippen LogP contribution in [0.5, 0.6) is 5.75 Å². The standard InChI is InChI=1S/C24H29N3O3S2/c1-3-4-5-13-27-23(29)21-18-7-6-8-19(18)32-22(21)26-24(27)31-15-20(28)25-14-16-9-11-17(30-2)12-10-16/h9-12H,3-8,13-15H2,1-2H3,(H,25,28). The number of nitrogens with zero attached hydrogens (tertiary/aromatic N) is 2. The number of nitrogens with one attached hydrogen (secondary N) is 1. The fraction of sp³-hybridized carbons (Fsp3) is 0.458. The number of rotatable bonds is 10. The maximum atomic E-state index is 13.4. The Morgan fingerprint density at radius 3 is 2.81 bits per heavy atom. The Labute approximate surface area is 196 Å². The highest BCUT2D eigenvalue weighted by molar-refractivity contribution is 7.99. The lowest BCUT2D eigenvalue weighted by molar-refractivity contribution is -0.118. The number of aryl methyl sites for hydroxylation is 2. The molecule has 8 heteroatoms. The fourth-order valence-electron chi connectivity index (χ4n) is 4.01. The molecule has 4 rings (SSSR count). The van der Waals surface area contributed by atoms with Crippen molar-refractivity contribution in [1.29, 1.82) is 0 Å². The lowest BCUT2D eigenvalue weighted by atomic mass is 10.2. The summed E-state index contributed by atoms with van der Waals surface area (Å²) >= 11 is 3.00. The lowest BCUT2D eigenvalue weighted by Gasteiger charge is -2.12. The van der Waals surface area contributed by atoms with E-state index in [1.54, 1.807) is 23.0 Å². The first-order valence-corrected chi connectivity index (χ1v) is 13.0. The topological polar surface area (TPSA) is 73.2 Å². The molecule has 1 aromatic carbocycles. The number of hydrogen-bond donors (Lipinski definition) is 1. The van der Waals surface area contributed by atoms with Crippen molar-refractivity contribution in [2.24, 2.45) is 0 Å². The SMILES string of the molecule is CCCCCn1c(SCC(=O)NCc2ccc(OC)cc2)nc2sc3c(c2c1=O)CCC3. The van der Waals surface area contributed by atoms with Crippen LogP contribution in [-0.2, 0) is 30.7 Å². The van der Waals surface area contributed by atoms with E-state index in [1.165, 1.54) is 22.2 Å². The summed E-state index contributed by atoms with van der Waals surface area (Å²) in [5.74, 6) is 0.944. The quantitative estimate of drug-likeness (QED) is 0.267. The number of amides is 1. The van der Waals surface area contributed by atoms with Gasteiger partial charge in [-0.25, -0.2) is 4.98 Å². The fourth-order valence-corrected chi connectivity index (χ4v) is 6.17. The average Bonchev–Trinajstić information content (AvgIpc) is 3.39. The monoisotopic (exact) mass is 471 g/mol. The van der Waals surface area contributed by atoms with Gasteiger partial charge in [0.2, 0.25) is 5.91 Å². The van der Waals surface area contributed by atoms with E-state index in [0.717, 1.165) is 60.1 Å². The number of unbranched alkanes of at least 4 members (excludes halogenated alkanes) is 2. The second kappa shape index (κ2) is 10.5. The van der Waals surface area contributed by atoms with Crippen molar-refractivity contribution >= 4 is 39.2 Å². The maximum Gasteiger partial charge on any atom is 0.263 e. The summed E-state index contributed by atoms with van der Waals surface area (Å²) in [7, 11) is 1.63. The van der Waals surface area contributed by atoms with E-state index in [4.69, 9.17) is 9.72 Å². The summed E-state index contributed by atoms with van der Waals surface area (Å²) in [5, 5.41) is 4.41. The van der Waals surface area contributed by atoms with Gasteiger partial charge >= 0.3 is 0 Å². The maximum absolute atomic E-state index is 13.4. The molecule has 6 nitrogen and oxygen atoms in total. The second-order valence-corrected chi connectivity index (χ2v) is 10.0. The molecular formula is C24H29N3O3S2. The molecule has 0 unspecified atom stereocenters. The molecule has 170 valence electrons. The Morgan fingerprint density at radius 2 is 2.06 bits per heavy atom. The summed E-state index contributed by atoms with van der Waals surface area (Å²) in [4.78, 5) is 32.8. The predicted octanol–water partition coefficient (Wildman–Crippen LogP) is 4.55. The number of carbonyl (C=O) groups is 1. The molecular weight excluding hydrogens is 442 g/mol. The number of ether oxygens (including phenoxy) is 1. The summed E-state index contributed by atoms with van der Waals surface area (Å²) in [6.45, 7) is 3.26. The van der Waals surface area contributed by atoms with Crippen molar-refractivity contribution in [2.75, 3.05) is 12.9 Å². The summed E-state index contributed by atoms with van der Waals surface area (Å²) in [5.41, 5.74) is 2.28. The lowest BCUT2D eigenvalue weighted by Crippen LogP contribution is -2.27. The van der Waals surface area contributed by atoms with Gasteiger partial charge in [-0.05, 0) is 48.9 Å². The highest BCUT2D eigenvalue weighted by atomic mass is 32.2. The van der Waals surface area contributed by atoms with Crippen LogP contribution >= 0.6 is 23.1 Å². The average molecular weight is 472 g/mol. The highest BCUT2D eigenvalue weighted by Crippen LogP contribution is 2.35. The van der Waals surface area contributed by atoms with Crippen LogP contribution in [0.1, 0.15) is 48.6 Å². The van der Waals surface area contributed by atoms with E-state index in [-0.39, 0.29) is 17.2 Å². The minimum Gasteiger partial charge on any atom is -0.497 e. The van der Waals surface area contributed by atoms with Crippen LogP contribution in [-0.4, -0.2) is 28.3 Å². The van der Waals surface area contributed by atoms with Crippen molar-refractivity contribution in [1.82, 2.24) is 14.9 Å². The molecule has 0 aliphatic heterocycles. The smallest absolute Gasteiger partial charge is 0.263 e. The van der Waals surface area contributed by atoms with Gasteiger partial charge < -0.3 is 10.1 Å². The summed E-state index contributed by atoms with van der Waals surface area (Å²) in [6.07, 6.45) is 6.24. The van der Waals surface area contributed by atoms with E-state index in [2.05, 4.69) is 12.2 Å². The number of benzene rings is 1. The zero-order chi connectivity index (χ0) is 22.5. The second-order valence-electron chi connectivity index (χ2n) is 8.01. The van der Waals surface area contributed by atoms with Crippen molar-refractivity contribution in [3.8, 4) is 5.75 Å². The summed E-state index contributed by atoms with van der Waals surface area (Å²) < 4.78 is 6.96.